The van der Waals surface area contributed by atoms with E-state index >= 15 is 0 Å². The van der Waals surface area contributed by atoms with Gasteiger partial charge in [-0.2, -0.15) is 0 Å². The van der Waals surface area contributed by atoms with Crippen molar-refractivity contribution in [3.63, 3.8) is 0 Å². The van der Waals surface area contributed by atoms with Crippen molar-refractivity contribution in [2.45, 2.75) is 19.9 Å². The molecule has 0 bridgehead atoms. The summed E-state index contributed by atoms with van der Waals surface area (Å²) in [5, 5.41) is 0. The Morgan fingerprint density at radius 2 is 1.78 bits per heavy atom. The van der Waals surface area contributed by atoms with Crippen LogP contribution in [0.4, 0.5) is 0 Å². The fourth-order valence-corrected chi connectivity index (χ4v) is 3.00. The van der Waals surface area contributed by atoms with Crippen LogP contribution in [-0.4, -0.2) is 51.9 Å². The summed E-state index contributed by atoms with van der Waals surface area (Å²) in [5.41, 5.74) is 2.58. The van der Waals surface area contributed by atoms with Crippen molar-refractivity contribution in [3.05, 3.63) is 59.7 Å². The van der Waals surface area contributed by atoms with Crippen molar-refractivity contribution in [2.75, 3.05) is 26.2 Å². The number of piperazine rings is 1. The van der Waals surface area contributed by atoms with E-state index in [2.05, 4.69) is 27.9 Å². The Labute approximate surface area is 137 Å². The van der Waals surface area contributed by atoms with Gasteiger partial charge in [0.2, 0.25) is 0 Å². The van der Waals surface area contributed by atoms with Gasteiger partial charge in [0, 0.05) is 50.3 Å². The maximum absolute atomic E-state index is 12.6. The lowest BCUT2D eigenvalue weighted by molar-refractivity contribution is 0.0578. The Morgan fingerprint density at radius 3 is 2.43 bits per heavy atom. The highest BCUT2D eigenvalue weighted by atomic mass is 16.2. The summed E-state index contributed by atoms with van der Waals surface area (Å²) in [6.45, 7) is 7.26. The third kappa shape index (κ3) is 3.40. The van der Waals surface area contributed by atoms with Crippen LogP contribution in [0.1, 0.15) is 34.7 Å². The molecule has 0 aromatic carbocycles. The van der Waals surface area contributed by atoms with Gasteiger partial charge in [0.05, 0.1) is 11.3 Å². The first kappa shape index (κ1) is 15.6. The van der Waals surface area contributed by atoms with E-state index < -0.39 is 0 Å². The van der Waals surface area contributed by atoms with E-state index in [1.54, 1.807) is 6.20 Å². The van der Waals surface area contributed by atoms with Gasteiger partial charge in [0.1, 0.15) is 0 Å². The number of nitrogens with zero attached hydrogens (tertiary/aromatic N) is 4. The molecule has 1 amide bonds. The van der Waals surface area contributed by atoms with E-state index in [0.29, 0.717) is 5.56 Å². The lowest BCUT2D eigenvalue weighted by Crippen LogP contribution is -2.49. The maximum atomic E-state index is 12.6. The number of carbonyl (C=O) groups excluding carboxylic acids is 1. The van der Waals surface area contributed by atoms with Crippen LogP contribution < -0.4 is 0 Å². The normalized spacial score (nSPS) is 17.0. The Hall–Kier alpha value is -2.27. The molecular formula is C18H22N4O. The van der Waals surface area contributed by atoms with Gasteiger partial charge in [-0.1, -0.05) is 6.07 Å². The van der Waals surface area contributed by atoms with Crippen molar-refractivity contribution in [2.24, 2.45) is 0 Å². The summed E-state index contributed by atoms with van der Waals surface area (Å²) >= 11 is 0. The van der Waals surface area contributed by atoms with Crippen molar-refractivity contribution in [1.82, 2.24) is 19.8 Å². The average Bonchev–Trinajstić information content (AvgIpc) is 2.62. The standard InChI is InChI=1S/C18H22N4O/c1-14-16(6-5-9-19-14)18(23)22-12-10-21(11-13-22)15(2)17-7-3-4-8-20-17/h3-9,15H,10-13H2,1-2H3. The molecule has 1 aliphatic rings. The molecular weight excluding hydrogens is 288 g/mol. The maximum Gasteiger partial charge on any atom is 0.255 e. The third-order valence-corrected chi connectivity index (χ3v) is 4.50. The number of amides is 1. The SMILES string of the molecule is Cc1ncccc1C(=O)N1CCN(C(C)c2ccccn2)CC1. The first-order valence-electron chi connectivity index (χ1n) is 8.02. The van der Waals surface area contributed by atoms with E-state index in [1.165, 1.54) is 0 Å². The number of hydrogen-bond donors (Lipinski definition) is 0. The van der Waals surface area contributed by atoms with Crippen molar-refractivity contribution in [1.29, 1.82) is 0 Å². The number of pyridine rings is 2. The van der Waals surface area contributed by atoms with Crippen molar-refractivity contribution < 1.29 is 4.79 Å². The molecule has 1 aliphatic heterocycles. The molecule has 0 saturated carbocycles. The Balaban J connectivity index is 1.62. The first-order valence-corrected chi connectivity index (χ1v) is 8.02. The smallest absolute Gasteiger partial charge is 0.255 e. The second-order valence-electron chi connectivity index (χ2n) is 5.90. The monoisotopic (exact) mass is 310 g/mol. The summed E-state index contributed by atoms with van der Waals surface area (Å²) in [7, 11) is 0. The van der Waals surface area contributed by atoms with Crippen LogP contribution >= 0.6 is 0 Å². The summed E-state index contributed by atoms with van der Waals surface area (Å²) in [6, 6.07) is 9.95. The molecule has 3 rings (SSSR count). The highest BCUT2D eigenvalue weighted by Gasteiger charge is 2.26. The lowest BCUT2D eigenvalue weighted by Gasteiger charge is -2.38. The van der Waals surface area contributed by atoms with Gasteiger partial charge in [0.15, 0.2) is 0 Å². The molecule has 1 saturated heterocycles. The van der Waals surface area contributed by atoms with Crippen molar-refractivity contribution >= 4 is 5.91 Å². The molecule has 0 spiro atoms. The fourth-order valence-electron chi connectivity index (χ4n) is 3.00. The Morgan fingerprint density at radius 1 is 1.04 bits per heavy atom. The van der Waals surface area contributed by atoms with E-state index in [-0.39, 0.29) is 11.9 Å². The number of aromatic nitrogens is 2. The Bertz CT molecular complexity index is 666. The Kier molecular flexibility index (Phi) is 4.67. The zero-order chi connectivity index (χ0) is 16.2. The van der Waals surface area contributed by atoms with Gasteiger partial charge in [-0.25, -0.2) is 0 Å². The molecule has 5 nitrogen and oxygen atoms in total. The number of rotatable bonds is 3. The molecule has 5 heteroatoms. The molecule has 1 atom stereocenters. The zero-order valence-corrected chi connectivity index (χ0v) is 13.6. The zero-order valence-electron chi connectivity index (χ0n) is 13.6. The largest absolute Gasteiger partial charge is 0.336 e. The minimum absolute atomic E-state index is 0.0840. The van der Waals surface area contributed by atoms with Gasteiger partial charge < -0.3 is 4.90 Å². The molecule has 23 heavy (non-hydrogen) atoms. The van der Waals surface area contributed by atoms with Crippen LogP contribution in [0.2, 0.25) is 0 Å². The minimum atomic E-state index is 0.0840. The van der Waals surface area contributed by atoms with E-state index in [1.807, 2.05) is 42.3 Å². The quantitative estimate of drug-likeness (QED) is 0.873. The molecule has 0 aliphatic carbocycles. The van der Waals surface area contributed by atoms with Gasteiger partial charge in [0.25, 0.3) is 5.91 Å². The summed E-state index contributed by atoms with van der Waals surface area (Å²) in [6.07, 6.45) is 3.55. The molecule has 2 aromatic rings. The second kappa shape index (κ2) is 6.87. The van der Waals surface area contributed by atoms with Crippen LogP contribution in [0.5, 0.6) is 0 Å². The van der Waals surface area contributed by atoms with E-state index in [9.17, 15) is 4.79 Å². The minimum Gasteiger partial charge on any atom is -0.336 e. The molecule has 3 heterocycles. The highest BCUT2D eigenvalue weighted by molar-refractivity contribution is 5.95. The van der Waals surface area contributed by atoms with Gasteiger partial charge in [-0.15, -0.1) is 0 Å². The van der Waals surface area contributed by atoms with Crippen LogP contribution in [0.15, 0.2) is 42.7 Å². The predicted molar refractivity (Wildman–Crippen MR) is 89.1 cm³/mol. The molecule has 0 radical (unpaired) electrons. The van der Waals surface area contributed by atoms with Crippen LogP contribution in [0.3, 0.4) is 0 Å². The molecule has 120 valence electrons. The van der Waals surface area contributed by atoms with Gasteiger partial charge in [-0.05, 0) is 38.1 Å². The predicted octanol–water partition coefficient (Wildman–Crippen LogP) is 2.30. The van der Waals surface area contributed by atoms with Crippen LogP contribution in [0.25, 0.3) is 0 Å². The highest BCUT2D eigenvalue weighted by Crippen LogP contribution is 2.20. The van der Waals surface area contributed by atoms with Crippen LogP contribution in [0, 0.1) is 6.92 Å². The number of hydrogen-bond acceptors (Lipinski definition) is 4. The molecule has 1 unspecified atom stereocenters. The second-order valence-corrected chi connectivity index (χ2v) is 5.90. The topological polar surface area (TPSA) is 49.3 Å². The molecule has 1 fully saturated rings. The first-order chi connectivity index (χ1) is 11.2. The molecule has 2 aromatic heterocycles. The van der Waals surface area contributed by atoms with Crippen LogP contribution in [-0.2, 0) is 0 Å². The third-order valence-electron chi connectivity index (χ3n) is 4.50. The number of aryl methyl sites for hydroxylation is 1. The fraction of sp³-hybridized carbons (Fsp3) is 0.389. The van der Waals surface area contributed by atoms with E-state index in [4.69, 9.17) is 0 Å². The summed E-state index contributed by atoms with van der Waals surface area (Å²) < 4.78 is 0. The average molecular weight is 310 g/mol. The van der Waals surface area contributed by atoms with Gasteiger partial charge >= 0.3 is 0 Å². The lowest BCUT2D eigenvalue weighted by atomic mass is 10.1. The molecule has 0 N–H and O–H groups in total. The summed E-state index contributed by atoms with van der Waals surface area (Å²) in [5.74, 6) is 0.0840. The van der Waals surface area contributed by atoms with E-state index in [0.717, 1.165) is 37.6 Å². The number of carbonyl (C=O) groups is 1. The van der Waals surface area contributed by atoms with Gasteiger partial charge in [-0.3, -0.25) is 19.7 Å². The van der Waals surface area contributed by atoms with Crippen molar-refractivity contribution in [3.8, 4) is 0 Å². The summed E-state index contributed by atoms with van der Waals surface area (Å²) in [4.78, 5) is 25.6.